The largest absolute Gasteiger partial charge is 0.303 e. The third kappa shape index (κ3) is 3.36. The van der Waals surface area contributed by atoms with Gasteiger partial charge in [0.05, 0.1) is 0 Å². The van der Waals surface area contributed by atoms with E-state index in [-0.39, 0.29) is 4.75 Å². The average Bonchev–Trinajstić information content (AvgIpc) is 1.93. The minimum Gasteiger partial charge on any atom is -0.303 e. The number of likely N-dealkylation sites (tertiary alicyclic amines) is 1. The van der Waals surface area contributed by atoms with Crippen LogP contribution in [0, 0.1) is 5.92 Å². The fourth-order valence-electron chi connectivity index (χ4n) is 1.64. The monoisotopic (exact) mass is 186 g/mol. The molecular weight excluding hydrogens is 166 g/mol. The molecule has 71 valence electrons. The van der Waals surface area contributed by atoms with Crippen LogP contribution in [-0.4, -0.2) is 29.3 Å². The van der Waals surface area contributed by atoms with Crippen molar-refractivity contribution in [3.05, 3.63) is 5.92 Å². The molecule has 0 aromatic heterocycles. The first kappa shape index (κ1) is 10.4. The maximum Gasteiger partial charge on any atom is 0.0126 e. The Morgan fingerprint density at radius 1 is 1.33 bits per heavy atom. The lowest BCUT2D eigenvalue weighted by molar-refractivity contribution is 0.214. The molecular formula is C10H20NS. The smallest absolute Gasteiger partial charge is 0.0126 e. The highest BCUT2D eigenvalue weighted by molar-refractivity contribution is 7.81. The van der Waals surface area contributed by atoms with Gasteiger partial charge in [-0.3, -0.25) is 0 Å². The van der Waals surface area contributed by atoms with Crippen molar-refractivity contribution in [2.24, 2.45) is 0 Å². The third-order valence-corrected chi connectivity index (χ3v) is 2.92. The lowest BCUT2D eigenvalue weighted by atomic mass is 9.97. The van der Waals surface area contributed by atoms with Crippen LogP contribution in [0.25, 0.3) is 0 Å². The van der Waals surface area contributed by atoms with Crippen LogP contribution in [-0.2, 0) is 0 Å². The van der Waals surface area contributed by atoms with E-state index in [0.717, 1.165) is 0 Å². The minimum atomic E-state index is 0.290. The van der Waals surface area contributed by atoms with Gasteiger partial charge >= 0.3 is 0 Å². The van der Waals surface area contributed by atoms with E-state index in [0.29, 0.717) is 0 Å². The van der Waals surface area contributed by atoms with Crippen molar-refractivity contribution in [1.29, 1.82) is 0 Å². The van der Waals surface area contributed by atoms with E-state index < -0.39 is 0 Å². The van der Waals surface area contributed by atoms with E-state index in [1.165, 1.54) is 38.4 Å². The van der Waals surface area contributed by atoms with Crippen molar-refractivity contribution in [3.8, 4) is 0 Å². The lowest BCUT2D eigenvalue weighted by Gasteiger charge is -2.36. The van der Waals surface area contributed by atoms with Gasteiger partial charge in [-0.1, -0.05) is 20.8 Å². The second kappa shape index (κ2) is 4.01. The van der Waals surface area contributed by atoms with Gasteiger partial charge in [0.2, 0.25) is 0 Å². The highest BCUT2D eigenvalue weighted by Crippen LogP contribution is 2.27. The normalized spacial score (nSPS) is 24.8. The molecule has 0 spiro atoms. The molecule has 1 radical (unpaired) electrons. The SMILES string of the molecule is C[C](C)CN1CCC(C)(S)CC1. The predicted octanol–water partition coefficient (Wildman–Crippen LogP) is 2.38. The van der Waals surface area contributed by atoms with E-state index in [1.807, 2.05) is 0 Å². The van der Waals surface area contributed by atoms with Crippen LogP contribution in [0.2, 0.25) is 0 Å². The summed E-state index contributed by atoms with van der Waals surface area (Å²) in [7, 11) is 0. The molecule has 0 bridgehead atoms. The first-order chi connectivity index (χ1) is 5.49. The summed E-state index contributed by atoms with van der Waals surface area (Å²) in [5.41, 5.74) is 0. The molecule has 0 unspecified atom stereocenters. The summed E-state index contributed by atoms with van der Waals surface area (Å²) < 4.78 is 0.290. The summed E-state index contributed by atoms with van der Waals surface area (Å²) in [5.74, 6) is 1.51. The molecule has 0 aromatic carbocycles. The van der Waals surface area contributed by atoms with Crippen LogP contribution in [0.3, 0.4) is 0 Å². The molecule has 0 aliphatic carbocycles. The molecule has 0 atom stereocenters. The second-order valence-electron chi connectivity index (χ2n) is 4.48. The number of hydrogen-bond donors (Lipinski definition) is 1. The zero-order valence-corrected chi connectivity index (χ0v) is 9.32. The van der Waals surface area contributed by atoms with Crippen molar-refractivity contribution < 1.29 is 0 Å². The molecule has 1 saturated heterocycles. The molecule has 0 N–H and O–H groups in total. The fraction of sp³-hybridized carbons (Fsp3) is 0.900. The summed E-state index contributed by atoms with van der Waals surface area (Å²) >= 11 is 4.62. The zero-order chi connectivity index (χ0) is 9.19. The summed E-state index contributed by atoms with van der Waals surface area (Å²) in [6.07, 6.45) is 2.45. The molecule has 1 fully saturated rings. The van der Waals surface area contributed by atoms with E-state index in [9.17, 15) is 0 Å². The highest BCUT2D eigenvalue weighted by atomic mass is 32.1. The summed E-state index contributed by atoms with van der Waals surface area (Å²) in [6, 6.07) is 0. The molecule has 0 amide bonds. The molecule has 1 heterocycles. The topological polar surface area (TPSA) is 3.24 Å². The Bertz CT molecular complexity index is 133. The van der Waals surface area contributed by atoms with Gasteiger partial charge in [0.1, 0.15) is 0 Å². The Hall–Kier alpha value is 0.310. The van der Waals surface area contributed by atoms with Gasteiger partial charge in [0.15, 0.2) is 0 Å². The van der Waals surface area contributed by atoms with Crippen LogP contribution in [0.1, 0.15) is 33.6 Å². The van der Waals surface area contributed by atoms with Crippen molar-refractivity contribution in [1.82, 2.24) is 4.90 Å². The maximum absolute atomic E-state index is 4.62. The van der Waals surface area contributed by atoms with Crippen LogP contribution >= 0.6 is 12.6 Å². The number of thiol groups is 1. The molecule has 2 heteroatoms. The van der Waals surface area contributed by atoms with Crippen molar-refractivity contribution in [2.75, 3.05) is 19.6 Å². The summed E-state index contributed by atoms with van der Waals surface area (Å²) in [5, 5.41) is 0. The maximum atomic E-state index is 4.62. The molecule has 1 aliphatic heterocycles. The van der Waals surface area contributed by atoms with Crippen LogP contribution in [0.15, 0.2) is 0 Å². The molecule has 1 nitrogen and oxygen atoms in total. The van der Waals surface area contributed by atoms with Gasteiger partial charge < -0.3 is 4.90 Å². The molecule has 0 aromatic rings. The quantitative estimate of drug-likeness (QED) is 0.648. The number of rotatable bonds is 2. The molecule has 0 saturated carbocycles. The molecule has 1 aliphatic rings. The van der Waals surface area contributed by atoms with Crippen LogP contribution < -0.4 is 0 Å². The molecule has 1 rings (SSSR count). The van der Waals surface area contributed by atoms with Crippen molar-refractivity contribution in [2.45, 2.75) is 38.4 Å². The average molecular weight is 186 g/mol. The Morgan fingerprint density at radius 2 is 1.83 bits per heavy atom. The van der Waals surface area contributed by atoms with Gasteiger partial charge in [0.25, 0.3) is 0 Å². The van der Waals surface area contributed by atoms with Gasteiger partial charge in [-0.05, 0) is 31.8 Å². The fourth-order valence-corrected chi connectivity index (χ4v) is 1.84. The number of hydrogen-bond acceptors (Lipinski definition) is 2. The van der Waals surface area contributed by atoms with Gasteiger partial charge in [-0.2, -0.15) is 12.6 Å². The number of piperidine rings is 1. The van der Waals surface area contributed by atoms with E-state index in [4.69, 9.17) is 0 Å². The standard InChI is InChI=1S/C10H20NS/c1-9(2)8-11-6-4-10(3,12)5-7-11/h12H,4-8H2,1-3H3. The Morgan fingerprint density at radius 3 is 2.25 bits per heavy atom. The third-order valence-electron chi connectivity index (χ3n) is 2.47. The summed E-state index contributed by atoms with van der Waals surface area (Å²) in [4.78, 5) is 2.52. The first-order valence-electron chi connectivity index (χ1n) is 4.73. The highest BCUT2D eigenvalue weighted by Gasteiger charge is 2.26. The van der Waals surface area contributed by atoms with E-state index in [2.05, 4.69) is 38.3 Å². The second-order valence-corrected chi connectivity index (χ2v) is 5.56. The van der Waals surface area contributed by atoms with E-state index in [1.54, 1.807) is 0 Å². The Balaban J connectivity index is 2.27. The van der Waals surface area contributed by atoms with Crippen LogP contribution in [0.5, 0.6) is 0 Å². The summed E-state index contributed by atoms with van der Waals surface area (Å²) in [6.45, 7) is 10.2. The van der Waals surface area contributed by atoms with Gasteiger partial charge in [-0.15, -0.1) is 0 Å². The van der Waals surface area contributed by atoms with Gasteiger partial charge in [-0.25, -0.2) is 0 Å². The van der Waals surface area contributed by atoms with E-state index >= 15 is 0 Å². The van der Waals surface area contributed by atoms with Crippen molar-refractivity contribution >= 4 is 12.6 Å². The Labute approximate surface area is 81.9 Å². The minimum absolute atomic E-state index is 0.290. The molecule has 12 heavy (non-hydrogen) atoms. The van der Waals surface area contributed by atoms with Crippen molar-refractivity contribution in [3.63, 3.8) is 0 Å². The zero-order valence-electron chi connectivity index (χ0n) is 8.43. The predicted molar refractivity (Wildman–Crippen MR) is 57.7 cm³/mol. The Kier molecular flexibility index (Phi) is 3.47. The lowest BCUT2D eigenvalue weighted by Crippen LogP contribution is -2.40. The number of nitrogens with zero attached hydrogens (tertiary/aromatic N) is 1. The van der Waals surface area contributed by atoms with Crippen LogP contribution in [0.4, 0.5) is 0 Å². The van der Waals surface area contributed by atoms with Gasteiger partial charge in [0, 0.05) is 11.3 Å². The first-order valence-corrected chi connectivity index (χ1v) is 5.18.